The number of aryl methyl sites for hydroxylation is 1. The highest BCUT2D eigenvalue weighted by Gasteiger charge is 2.42. The fraction of sp³-hybridized carbons (Fsp3) is 0.148. The molecule has 2 aromatic heterocycles. The average molecular weight is 469 g/mol. The highest BCUT2D eigenvalue weighted by Crippen LogP contribution is 2.42. The van der Waals surface area contributed by atoms with E-state index in [0.29, 0.717) is 10.7 Å². The van der Waals surface area contributed by atoms with Crippen LogP contribution in [0.2, 0.25) is 0 Å². The van der Waals surface area contributed by atoms with Gasteiger partial charge in [0.1, 0.15) is 6.04 Å². The van der Waals surface area contributed by atoms with Crippen molar-refractivity contribution < 1.29 is 9.53 Å². The number of rotatable bonds is 5. The number of anilines is 1. The minimum Gasteiger partial charge on any atom is -0.465 e. The minimum absolute atomic E-state index is 0.186. The second-order valence-corrected chi connectivity index (χ2v) is 8.53. The second kappa shape index (κ2) is 9.11. The number of nitrogens with one attached hydrogen (secondary N) is 1. The molecule has 0 spiro atoms. The van der Waals surface area contributed by atoms with Crippen LogP contribution in [0.3, 0.4) is 0 Å². The predicted octanol–water partition coefficient (Wildman–Crippen LogP) is 5.14. The smallest absolute Gasteiger partial charge is 0.339 e. The molecule has 170 valence electrons. The van der Waals surface area contributed by atoms with Crippen molar-refractivity contribution in [3.63, 3.8) is 0 Å². The zero-order valence-corrected chi connectivity index (χ0v) is 19.7. The molecule has 0 aliphatic carbocycles. The maximum absolute atomic E-state index is 12.5. The van der Waals surface area contributed by atoms with E-state index in [-0.39, 0.29) is 18.1 Å². The van der Waals surface area contributed by atoms with E-state index in [1.165, 1.54) is 12.7 Å². The Hall–Kier alpha value is -3.97. The number of hydrogen-bond donors (Lipinski definition) is 1. The summed E-state index contributed by atoms with van der Waals surface area (Å²) in [4.78, 5) is 19.3. The lowest BCUT2D eigenvalue weighted by Gasteiger charge is -2.29. The molecule has 0 radical (unpaired) electrons. The van der Waals surface area contributed by atoms with Gasteiger partial charge in [-0.2, -0.15) is 0 Å². The first kappa shape index (κ1) is 21.9. The van der Waals surface area contributed by atoms with Crippen LogP contribution in [-0.2, 0) is 4.74 Å². The molecule has 3 heterocycles. The number of hydrogen-bond acceptors (Lipinski definition) is 4. The normalized spacial score (nSPS) is 17.5. The lowest BCUT2D eigenvalue weighted by molar-refractivity contribution is 0.0600. The van der Waals surface area contributed by atoms with Gasteiger partial charge in [-0.15, -0.1) is 0 Å². The summed E-state index contributed by atoms with van der Waals surface area (Å²) in [6.07, 6.45) is 3.75. The molecule has 1 fully saturated rings. The molecule has 1 aliphatic heterocycles. The number of ether oxygens (including phenoxy) is 1. The maximum atomic E-state index is 12.5. The molecule has 4 aromatic rings. The van der Waals surface area contributed by atoms with E-state index in [9.17, 15) is 4.79 Å². The van der Waals surface area contributed by atoms with Crippen LogP contribution in [0, 0.1) is 6.92 Å². The van der Waals surface area contributed by atoms with Gasteiger partial charge in [-0.1, -0.05) is 35.9 Å². The van der Waals surface area contributed by atoms with Gasteiger partial charge in [-0.05, 0) is 67.7 Å². The van der Waals surface area contributed by atoms with Crippen molar-refractivity contribution in [2.24, 2.45) is 0 Å². The number of esters is 1. The molecule has 6 nitrogen and oxygen atoms in total. The van der Waals surface area contributed by atoms with Crippen LogP contribution >= 0.6 is 12.2 Å². The molecule has 1 aliphatic rings. The molecule has 1 N–H and O–H groups in total. The van der Waals surface area contributed by atoms with Crippen molar-refractivity contribution in [1.82, 2.24) is 14.9 Å². The van der Waals surface area contributed by atoms with E-state index in [4.69, 9.17) is 17.0 Å². The SMILES string of the molecule is COC(=O)c1ccccc1-n1cccc1[C@H]1[C@H](c2ccccn2)NC(=S)N1c1ccc(C)cc1. The Balaban J connectivity index is 1.69. The van der Waals surface area contributed by atoms with E-state index < -0.39 is 0 Å². The van der Waals surface area contributed by atoms with Gasteiger partial charge in [0.15, 0.2) is 5.11 Å². The third-order valence-electron chi connectivity index (χ3n) is 6.06. The third-order valence-corrected chi connectivity index (χ3v) is 6.38. The molecule has 1 saturated heterocycles. The van der Waals surface area contributed by atoms with Crippen molar-refractivity contribution in [3.05, 3.63) is 114 Å². The van der Waals surface area contributed by atoms with E-state index in [0.717, 1.165) is 22.8 Å². The van der Waals surface area contributed by atoms with Crippen LogP contribution in [0.25, 0.3) is 5.69 Å². The summed E-state index contributed by atoms with van der Waals surface area (Å²) >= 11 is 5.83. The first-order valence-corrected chi connectivity index (χ1v) is 11.4. The van der Waals surface area contributed by atoms with Crippen LogP contribution in [0.1, 0.15) is 39.4 Å². The highest BCUT2D eigenvalue weighted by molar-refractivity contribution is 7.80. The van der Waals surface area contributed by atoms with E-state index in [1.807, 2.05) is 53.2 Å². The Morgan fingerprint density at radius 1 is 1.00 bits per heavy atom. The number of para-hydroxylation sites is 1. The Morgan fingerprint density at radius 3 is 2.50 bits per heavy atom. The van der Waals surface area contributed by atoms with Crippen LogP contribution in [0.4, 0.5) is 5.69 Å². The van der Waals surface area contributed by atoms with Gasteiger partial charge in [0.25, 0.3) is 0 Å². The van der Waals surface area contributed by atoms with Gasteiger partial charge >= 0.3 is 5.97 Å². The van der Waals surface area contributed by atoms with E-state index >= 15 is 0 Å². The van der Waals surface area contributed by atoms with Crippen LogP contribution in [-0.4, -0.2) is 27.7 Å². The fourth-order valence-electron chi connectivity index (χ4n) is 4.46. The first-order chi connectivity index (χ1) is 16.6. The summed E-state index contributed by atoms with van der Waals surface area (Å²) in [7, 11) is 1.39. The van der Waals surface area contributed by atoms with Crippen LogP contribution < -0.4 is 10.2 Å². The van der Waals surface area contributed by atoms with Gasteiger partial charge in [0, 0.05) is 23.8 Å². The molecule has 2 aromatic carbocycles. The van der Waals surface area contributed by atoms with Crippen molar-refractivity contribution in [1.29, 1.82) is 0 Å². The summed E-state index contributed by atoms with van der Waals surface area (Å²) in [5.74, 6) is -0.382. The summed E-state index contributed by atoms with van der Waals surface area (Å²) in [6, 6.07) is 25.3. The van der Waals surface area contributed by atoms with Gasteiger partial charge in [0.2, 0.25) is 0 Å². The van der Waals surface area contributed by atoms with Crippen LogP contribution in [0.15, 0.2) is 91.3 Å². The van der Waals surface area contributed by atoms with Crippen molar-refractivity contribution in [2.45, 2.75) is 19.0 Å². The number of benzene rings is 2. The Kier molecular flexibility index (Phi) is 5.86. The Morgan fingerprint density at radius 2 is 1.76 bits per heavy atom. The van der Waals surface area contributed by atoms with Crippen molar-refractivity contribution in [2.75, 3.05) is 12.0 Å². The number of thiocarbonyl (C=S) groups is 1. The van der Waals surface area contributed by atoms with Crippen LogP contribution in [0.5, 0.6) is 0 Å². The van der Waals surface area contributed by atoms with E-state index in [1.54, 1.807) is 12.3 Å². The molecule has 5 rings (SSSR count). The summed E-state index contributed by atoms with van der Waals surface area (Å²) in [6.45, 7) is 2.06. The third kappa shape index (κ3) is 3.84. The molecule has 0 bridgehead atoms. The predicted molar refractivity (Wildman–Crippen MR) is 136 cm³/mol. The number of aromatic nitrogens is 2. The largest absolute Gasteiger partial charge is 0.465 e. The lowest BCUT2D eigenvalue weighted by Crippen LogP contribution is -2.30. The minimum atomic E-state index is -0.382. The average Bonchev–Trinajstić information content (AvgIpc) is 3.49. The van der Waals surface area contributed by atoms with Crippen molar-refractivity contribution >= 4 is 29.0 Å². The highest BCUT2D eigenvalue weighted by atomic mass is 32.1. The quantitative estimate of drug-likeness (QED) is 0.323. The number of pyridine rings is 1. The lowest BCUT2D eigenvalue weighted by atomic mass is 10.00. The monoisotopic (exact) mass is 468 g/mol. The Bertz CT molecular complexity index is 1330. The molecule has 7 heteroatoms. The summed E-state index contributed by atoms with van der Waals surface area (Å²) in [5, 5.41) is 4.11. The fourth-order valence-corrected chi connectivity index (χ4v) is 4.81. The number of carbonyl (C=O) groups excluding carboxylic acids is 1. The molecular formula is C27H24N4O2S. The molecule has 2 atom stereocenters. The van der Waals surface area contributed by atoms with E-state index in [2.05, 4.69) is 52.5 Å². The van der Waals surface area contributed by atoms with Gasteiger partial charge in [-0.25, -0.2) is 4.79 Å². The summed E-state index contributed by atoms with van der Waals surface area (Å²) in [5.41, 5.74) is 5.26. The zero-order valence-electron chi connectivity index (χ0n) is 18.9. The Labute approximate surface area is 203 Å². The second-order valence-electron chi connectivity index (χ2n) is 8.14. The molecule has 0 amide bonds. The van der Waals surface area contributed by atoms with Gasteiger partial charge in [0.05, 0.1) is 30.1 Å². The molecule has 34 heavy (non-hydrogen) atoms. The topological polar surface area (TPSA) is 59.4 Å². The zero-order chi connectivity index (χ0) is 23.7. The first-order valence-electron chi connectivity index (χ1n) is 11.0. The van der Waals surface area contributed by atoms with Crippen molar-refractivity contribution in [3.8, 4) is 5.69 Å². The molecular weight excluding hydrogens is 444 g/mol. The standard InChI is InChI=1S/C27H24N4O2S/c1-18-12-14-19(15-13-18)31-25(24(29-27(31)34)21-9-5-6-16-28-21)23-11-7-17-30(23)22-10-4-3-8-20(22)26(32)33-2/h3-17,24-25H,1-2H3,(H,29,34)/t24-,25-/m0/s1. The number of carbonyl (C=O) groups is 1. The summed E-state index contributed by atoms with van der Waals surface area (Å²) < 4.78 is 7.08. The maximum Gasteiger partial charge on any atom is 0.339 e. The molecule has 0 unspecified atom stereocenters. The number of nitrogens with zero attached hydrogens (tertiary/aromatic N) is 3. The van der Waals surface area contributed by atoms with Gasteiger partial charge < -0.3 is 19.5 Å². The van der Waals surface area contributed by atoms with Gasteiger partial charge in [-0.3, -0.25) is 4.98 Å². The number of methoxy groups -OCH3 is 1. The molecule has 0 saturated carbocycles.